The third kappa shape index (κ3) is 11.2. The lowest BCUT2D eigenvalue weighted by Gasteiger charge is -2.31. The minimum atomic E-state index is -0.100. The summed E-state index contributed by atoms with van der Waals surface area (Å²) < 4.78 is 18.3. The molecule has 0 saturated heterocycles. The van der Waals surface area contributed by atoms with Crippen molar-refractivity contribution in [2.24, 2.45) is 10.9 Å². The topological polar surface area (TPSA) is 43.3 Å². The minimum absolute atomic E-state index is 0.0969. The lowest BCUT2D eigenvalue weighted by atomic mass is 9.87. The van der Waals surface area contributed by atoms with Crippen LogP contribution in [0, 0.1) is 5.92 Å². The normalized spacial score (nSPS) is 26.2. The van der Waals surface area contributed by atoms with Crippen LogP contribution in [0.2, 0.25) is 0 Å². The van der Waals surface area contributed by atoms with Crippen molar-refractivity contribution in [3.8, 4) is 0 Å². The Hall–Kier alpha value is -1.53. The van der Waals surface area contributed by atoms with Gasteiger partial charge in [-0.05, 0) is 56.8 Å². The molecule has 1 aliphatic heterocycles. The summed E-state index contributed by atoms with van der Waals surface area (Å²) in [6.45, 7) is 18.7. The van der Waals surface area contributed by atoms with E-state index in [1.807, 2.05) is 0 Å². The Morgan fingerprint density at radius 1 is 0.944 bits per heavy atom. The summed E-state index contributed by atoms with van der Waals surface area (Å²) in [6, 6.07) is 0.545. The third-order valence-corrected chi connectivity index (χ3v) is 7.03. The van der Waals surface area contributed by atoms with E-state index in [2.05, 4.69) is 75.6 Å². The first-order chi connectivity index (χ1) is 17.6. The van der Waals surface area contributed by atoms with Gasteiger partial charge in [-0.25, -0.2) is 0 Å². The van der Waals surface area contributed by atoms with E-state index in [0.29, 0.717) is 31.7 Å². The number of ether oxygens (including phenoxy) is 3. The van der Waals surface area contributed by atoms with E-state index in [1.54, 1.807) is 0 Å². The number of allylic oxidation sites excluding steroid dienone is 2. The molecule has 2 rings (SSSR count). The first kappa shape index (κ1) is 30.7. The smallest absolute Gasteiger partial charge is 0.105 e. The molecular formula is C31H52N2O3. The molecule has 3 atom stereocenters. The second kappa shape index (κ2) is 18.7. The van der Waals surface area contributed by atoms with Gasteiger partial charge in [-0.15, -0.1) is 0 Å². The van der Waals surface area contributed by atoms with E-state index in [9.17, 15) is 0 Å². The Labute approximate surface area is 221 Å². The van der Waals surface area contributed by atoms with Crippen molar-refractivity contribution in [3.05, 3.63) is 48.6 Å². The fourth-order valence-electron chi connectivity index (χ4n) is 4.67. The van der Waals surface area contributed by atoms with Gasteiger partial charge in [-0.1, -0.05) is 77.5 Å². The summed E-state index contributed by atoms with van der Waals surface area (Å²) in [5.41, 5.74) is 2.11. The summed E-state index contributed by atoms with van der Waals surface area (Å²) in [5.74, 6) is 0.361. The van der Waals surface area contributed by atoms with Gasteiger partial charge in [0.1, 0.15) is 6.10 Å². The maximum Gasteiger partial charge on any atom is 0.105 e. The van der Waals surface area contributed by atoms with Crippen molar-refractivity contribution < 1.29 is 14.2 Å². The average molecular weight is 501 g/mol. The minimum Gasteiger partial charge on any atom is -0.379 e. The molecule has 0 N–H and O–H groups in total. The van der Waals surface area contributed by atoms with Crippen LogP contribution < -0.4 is 0 Å². The van der Waals surface area contributed by atoms with Crippen LogP contribution in [0.4, 0.5) is 0 Å². The highest BCUT2D eigenvalue weighted by molar-refractivity contribution is 5.98. The maximum atomic E-state index is 6.53. The molecule has 0 aromatic carbocycles. The molecule has 0 spiro atoms. The molecule has 5 nitrogen and oxygen atoms in total. The van der Waals surface area contributed by atoms with Gasteiger partial charge < -0.3 is 14.2 Å². The van der Waals surface area contributed by atoms with Crippen LogP contribution in [-0.2, 0) is 14.2 Å². The van der Waals surface area contributed by atoms with E-state index in [0.717, 1.165) is 76.1 Å². The Morgan fingerprint density at radius 3 is 2.22 bits per heavy atom. The number of aliphatic imine (C=N–C) groups is 1. The fraction of sp³-hybridized carbons (Fsp3) is 0.710. The predicted molar refractivity (Wildman–Crippen MR) is 153 cm³/mol. The van der Waals surface area contributed by atoms with Gasteiger partial charge >= 0.3 is 0 Å². The van der Waals surface area contributed by atoms with Crippen molar-refractivity contribution in [2.75, 3.05) is 46.1 Å². The number of likely N-dealkylation sites (N-methyl/N-ethyl adjacent to an activating group) is 1. The average Bonchev–Trinajstić information content (AvgIpc) is 2.90. The van der Waals surface area contributed by atoms with E-state index < -0.39 is 0 Å². The summed E-state index contributed by atoms with van der Waals surface area (Å²) >= 11 is 0. The molecule has 0 amide bonds. The quantitative estimate of drug-likeness (QED) is 0.178. The van der Waals surface area contributed by atoms with Crippen molar-refractivity contribution >= 4 is 5.71 Å². The zero-order chi connectivity index (χ0) is 26.0. The summed E-state index contributed by atoms with van der Waals surface area (Å²) in [4.78, 5) is 7.44. The standard InChI is InChI=1S/C31H52N2O3/c1-6-10-22-34-24-29(25-35-23-11-7-2)36-31-14-12-13-21-32-30(20-15-26(31)5)27-16-18-28(19-17-27)33(8-3)9-4/h12-13,15-16,18,20,27-29,31H,5-11,14,17,19,21-25H2,1-4H3/b13-12-,20-15-,32-30+/t27-,28+,31+/m0/s1. The van der Waals surface area contributed by atoms with Crippen molar-refractivity contribution in [1.29, 1.82) is 0 Å². The van der Waals surface area contributed by atoms with Crippen LogP contribution >= 0.6 is 0 Å². The third-order valence-electron chi connectivity index (χ3n) is 7.03. The predicted octanol–water partition coefficient (Wildman–Crippen LogP) is 6.56. The van der Waals surface area contributed by atoms with Crippen molar-refractivity contribution in [3.63, 3.8) is 0 Å². The van der Waals surface area contributed by atoms with Gasteiger partial charge in [0.2, 0.25) is 0 Å². The number of unbranched alkanes of at least 4 members (excludes halogenated alkanes) is 2. The molecule has 5 heteroatoms. The molecule has 0 aromatic heterocycles. The van der Waals surface area contributed by atoms with Gasteiger partial charge in [-0.3, -0.25) is 9.89 Å². The molecule has 0 radical (unpaired) electrons. The lowest BCUT2D eigenvalue weighted by molar-refractivity contribution is -0.0803. The zero-order valence-corrected chi connectivity index (χ0v) is 23.5. The van der Waals surface area contributed by atoms with E-state index in [-0.39, 0.29) is 12.2 Å². The van der Waals surface area contributed by atoms with Gasteiger partial charge in [0.05, 0.1) is 25.9 Å². The molecule has 204 valence electrons. The fourth-order valence-corrected chi connectivity index (χ4v) is 4.67. The monoisotopic (exact) mass is 500 g/mol. The second-order valence-corrected chi connectivity index (χ2v) is 9.84. The molecule has 36 heavy (non-hydrogen) atoms. The number of hydrogen-bond acceptors (Lipinski definition) is 5. The number of hydrogen-bond donors (Lipinski definition) is 0. The molecular weight excluding hydrogens is 448 g/mol. The van der Waals surface area contributed by atoms with Gasteiger partial charge in [0, 0.05) is 30.9 Å². The highest BCUT2D eigenvalue weighted by atomic mass is 16.6. The molecule has 0 aromatic rings. The van der Waals surface area contributed by atoms with Crippen molar-refractivity contribution in [1.82, 2.24) is 4.90 Å². The Morgan fingerprint density at radius 2 is 1.64 bits per heavy atom. The summed E-state index contributed by atoms with van der Waals surface area (Å²) in [6.07, 6.45) is 20.6. The van der Waals surface area contributed by atoms with Crippen molar-refractivity contribution in [2.45, 2.75) is 90.9 Å². The highest BCUT2D eigenvalue weighted by Crippen LogP contribution is 2.24. The molecule has 1 heterocycles. The first-order valence-corrected chi connectivity index (χ1v) is 14.4. The molecule has 0 saturated carbocycles. The molecule has 0 bridgehead atoms. The van der Waals surface area contributed by atoms with E-state index >= 15 is 0 Å². The number of nitrogens with zero attached hydrogens (tertiary/aromatic N) is 2. The Bertz CT molecular complexity index is 711. The van der Waals surface area contributed by atoms with Crippen LogP contribution in [0.15, 0.2) is 53.6 Å². The van der Waals surface area contributed by atoms with Gasteiger partial charge in [-0.2, -0.15) is 0 Å². The highest BCUT2D eigenvalue weighted by Gasteiger charge is 2.23. The second-order valence-electron chi connectivity index (χ2n) is 9.84. The largest absolute Gasteiger partial charge is 0.379 e. The Balaban J connectivity index is 2.03. The summed E-state index contributed by atoms with van der Waals surface area (Å²) in [7, 11) is 0. The van der Waals surface area contributed by atoms with E-state index in [1.165, 1.54) is 6.42 Å². The SMILES string of the molecule is C=C1/C=C\C([C@H]2C=C[C@@H](N(CC)CC)CC2)=N/C/C=C\C[C@H]1OC(COCCCC)COCCCC. The van der Waals surface area contributed by atoms with Crippen LogP contribution in [0.5, 0.6) is 0 Å². The maximum absolute atomic E-state index is 6.53. The van der Waals surface area contributed by atoms with Gasteiger partial charge in [0.25, 0.3) is 0 Å². The zero-order valence-electron chi connectivity index (χ0n) is 23.5. The van der Waals surface area contributed by atoms with Crippen LogP contribution in [0.3, 0.4) is 0 Å². The Kier molecular flexibility index (Phi) is 15.9. The summed E-state index contributed by atoms with van der Waals surface area (Å²) in [5, 5.41) is 0. The molecule has 0 fully saturated rings. The van der Waals surface area contributed by atoms with Crippen LogP contribution in [0.25, 0.3) is 0 Å². The molecule has 2 aliphatic rings. The lowest BCUT2D eigenvalue weighted by Crippen LogP contribution is -2.36. The van der Waals surface area contributed by atoms with Crippen LogP contribution in [0.1, 0.15) is 72.6 Å². The first-order valence-electron chi connectivity index (χ1n) is 14.4. The molecule has 0 unspecified atom stereocenters. The van der Waals surface area contributed by atoms with Crippen LogP contribution in [-0.4, -0.2) is 74.9 Å². The number of rotatable bonds is 16. The molecule has 1 aliphatic carbocycles. The van der Waals surface area contributed by atoms with Gasteiger partial charge in [0.15, 0.2) is 0 Å². The van der Waals surface area contributed by atoms with E-state index in [4.69, 9.17) is 19.2 Å².